The van der Waals surface area contributed by atoms with Gasteiger partial charge >= 0.3 is 0 Å². The average molecular weight is 326 g/mol. The molecule has 5 heteroatoms. The van der Waals surface area contributed by atoms with E-state index in [1.54, 1.807) is 0 Å². The van der Waals surface area contributed by atoms with Gasteiger partial charge in [0, 0.05) is 50.9 Å². The molecule has 1 N–H and O–H groups in total. The van der Waals surface area contributed by atoms with Gasteiger partial charge in [0.05, 0.1) is 6.61 Å². The van der Waals surface area contributed by atoms with Gasteiger partial charge in [0.2, 0.25) is 0 Å². The molecule has 0 aromatic heterocycles. The monoisotopic (exact) mass is 325 g/mol. The van der Waals surface area contributed by atoms with Crippen LogP contribution in [0.15, 0.2) is 24.3 Å². The van der Waals surface area contributed by atoms with Crippen molar-refractivity contribution in [3.05, 3.63) is 29.8 Å². The molecule has 0 aliphatic carbocycles. The number of rotatable bonds is 5. The third-order valence-corrected chi connectivity index (χ3v) is 4.62. The molecule has 2 saturated heterocycles. The fraction of sp³-hybridized carbons (Fsp3) is 0.647. The van der Waals surface area contributed by atoms with E-state index < -0.39 is 0 Å². The van der Waals surface area contributed by atoms with Gasteiger partial charge in [-0.1, -0.05) is 18.2 Å². The molecule has 0 amide bonds. The summed E-state index contributed by atoms with van der Waals surface area (Å²) >= 11 is 0. The van der Waals surface area contributed by atoms with Crippen LogP contribution in [-0.4, -0.2) is 61.7 Å². The minimum absolute atomic E-state index is 0. The van der Waals surface area contributed by atoms with Gasteiger partial charge in [-0.15, -0.1) is 12.4 Å². The molecular weight excluding hydrogens is 298 g/mol. The van der Waals surface area contributed by atoms with E-state index in [2.05, 4.69) is 39.4 Å². The Hall–Kier alpha value is -0.810. The third-order valence-electron chi connectivity index (χ3n) is 4.62. The summed E-state index contributed by atoms with van der Waals surface area (Å²) < 4.78 is 5.74. The first-order valence-corrected chi connectivity index (χ1v) is 8.24. The van der Waals surface area contributed by atoms with Crippen LogP contribution < -0.4 is 10.1 Å². The molecule has 2 aliphatic heterocycles. The van der Waals surface area contributed by atoms with E-state index in [9.17, 15) is 0 Å². The van der Waals surface area contributed by atoms with Gasteiger partial charge in [0.1, 0.15) is 5.75 Å². The van der Waals surface area contributed by atoms with E-state index in [1.165, 1.54) is 38.2 Å². The van der Waals surface area contributed by atoms with Crippen molar-refractivity contribution in [2.75, 3.05) is 45.9 Å². The summed E-state index contributed by atoms with van der Waals surface area (Å²) in [5, 5.41) is 3.47. The first-order valence-electron chi connectivity index (χ1n) is 8.24. The molecule has 0 radical (unpaired) electrons. The second kappa shape index (κ2) is 8.73. The zero-order valence-corrected chi connectivity index (χ0v) is 14.3. The lowest BCUT2D eigenvalue weighted by Crippen LogP contribution is -2.50. The zero-order chi connectivity index (χ0) is 14.5. The largest absolute Gasteiger partial charge is 0.494 e. The van der Waals surface area contributed by atoms with Gasteiger partial charge in [0.25, 0.3) is 0 Å². The van der Waals surface area contributed by atoms with Gasteiger partial charge < -0.3 is 10.1 Å². The van der Waals surface area contributed by atoms with Gasteiger partial charge in [0.15, 0.2) is 0 Å². The van der Waals surface area contributed by atoms with E-state index in [0.29, 0.717) is 0 Å². The van der Waals surface area contributed by atoms with Crippen molar-refractivity contribution in [3.8, 4) is 5.75 Å². The first-order chi connectivity index (χ1) is 10.4. The number of halogens is 1. The first kappa shape index (κ1) is 17.5. The van der Waals surface area contributed by atoms with Crippen LogP contribution in [0.25, 0.3) is 0 Å². The molecule has 1 aromatic rings. The van der Waals surface area contributed by atoms with Crippen molar-refractivity contribution in [3.63, 3.8) is 0 Å². The zero-order valence-electron chi connectivity index (χ0n) is 13.5. The van der Waals surface area contributed by atoms with Crippen molar-refractivity contribution in [2.45, 2.75) is 25.9 Å². The minimum atomic E-state index is 0. The standard InChI is InChI=1S/C17H27N3O.ClH/c1-2-21-17-6-4-3-5-15(17)14-19-9-11-20(12-10-19)16-7-8-18-13-16;/h3-6,16,18H,2,7-14H2,1H3;1H. The lowest BCUT2D eigenvalue weighted by atomic mass is 10.1. The molecule has 22 heavy (non-hydrogen) atoms. The normalized spacial score (nSPS) is 23.2. The summed E-state index contributed by atoms with van der Waals surface area (Å²) in [4.78, 5) is 5.21. The molecule has 0 bridgehead atoms. The fourth-order valence-corrected chi connectivity index (χ4v) is 3.41. The SMILES string of the molecule is CCOc1ccccc1CN1CCN(C2CCNC2)CC1.Cl. The Labute approximate surface area is 140 Å². The highest BCUT2D eigenvalue weighted by molar-refractivity contribution is 5.85. The maximum atomic E-state index is 5.74. The third kappa shape index (κ3) is 4.35. The van der Waals surface area contributed by atoms with E-state index >= 15 is 0 Å². The van der Waals surface area contributed by atoms with E-state index in [4.69, 9.17) is 4.74 Å². The molecule has 0 saturated carbocycles. The number of hydrogen-bond donors (Lipinski definition) is 1. The second-order valence-electron chi connectivity index (χ2n) is 6.00. The van der Waals surface area contributed by atoms with Crippen LogP contribution >= 0.6 is 12.4 Å². The number of nitrogens with one attached hydrogen (secondary N) is 1. The van der Waals surface area contributed by atoms with Crippen LogP contribution in [0.4, 0.5) is 0 Å². The average Bonchev–Trinajstić information content (AvgIpc) is 3.05. The number of hydrogen-bond acceptors (Lipinski definition) is 4. The molecule has 2 aliphatic rings. The van der Waals surface area contributed by atoms with Crippen LogP contribution in [0.3, 0.4) is 0 Å². The van der Waals surface area contributed by atoms with E-state index in [1.807, 2.05) is 6.92 Å². The molecule has 2 fully saturated rings. The molecule has 1 atom stereocenters. The quantitative estimate of drug-likeness (QED) is 0.896. The minimum Gasteiger partial charge on any atom is -0.494 e. The van der Waals surface area contributed by atoms with Gasteiger partial charge in [-0.05, 0) is 26.0 Å². The maximum Gasteiger partial charge on any atom is 0.123 e. The lowest BCUT2D eigenvalue weighted by molar-refractivity contribution is 0.0974. The van der Waals surface area contributed by atoms with Crippen LogP contribution in [0, 0.1) is 0 Å². The van der Waals surface area contributed by atoms with Crippen LogP contribution in [0.5, 0.6) is 5.75 Å². The second-order valence-corrected chi connectivity index (χ2v) is 6.00. The maximum absolute atomic E-state index is 5.74. The predicted molar refractivity (Wildman–Crippen MR) is 93.0 cm³/mol. The molecule has 1 aromatic carbocycles. The Morgan fingerprint density at radius 3 is 2.64 bits per heavy atom. The van der Waals surface area contributed by atoms with Crippen molar-refractivity contribution < 1.29 is 4.74 Å². The highest BCUT2D eigenvalue weighted by Gasteiger charge is 2.26. The summed E-state index contributed by atoms with van der Waals surface area (Å²) in [5.74, 6) is 1.04. The van der Waals surface area contributed by atoms with Crippen LogP contribution in [0.2, 0.25) is 0 Å². The smallest absolute Gasteiger partial charge is 0.123 e. The number of ether oxygens (including phenoxy) is 1. The Morgan fingerprint density at radius 1 is 1.18 bits per heavy atom. The molecule has 4 nitrogen and oxygen atoms in total. The number of para-hydroxylation sites is 1. The van der Waals surface area contributed by atoms with Crippen molar-refractivity contribution in [1.29, 1.82) is 0 Å². The molecule has 3 rings (SSSR count). The Balaban J connectivity index is 0.00000176. The molecular formula is C17H28ClN3O. The van der Waals surface area contributed by atoms with Crippen LogP contribution in [-0.2, 0) is 6.54 Å². The summed E-state index contributed by atoms with van der Waals surface area (Å²) in [6, 6.07) is 9.21. The van der Waals surface area contributed by atoms with Gasteiger partial charge in [-0.25, -0.2) is 0 Å². The van der Waals surface area contributed by atoms with E-state index in [-0.39, 0.29) is 12.4 Å². The van der Waals surface area contributed by atoms with Crippen molar-refractivity contribution in [1.82, 2.24) is 15.1 Å². The van der Waals surface area contributed by atoms with Gasteiger partial charge in [-0.2, -0.15) is 0 Å². The predicted octanol–water partition coefficient (Wildman–Crippen LogP) is 1.99. The fourth-order valence-electron chi connectivity index (χ4n) is 3.41. The highest BCUT2D eigenvalue weighted by atomic mass is 35.5. The van der Waals surface area contributed by atoms with E-state index in [0.717, 1.165) is 38.0 Å². The highest BCUT2D eigenvalue weighted by Crippen LogP contribution is 2.21. The molecule has 1 unspecified atom stereocenters. The molecule has 2 heterocycles. The molecule has 0 spiro atoms. The van der Waals surface area contributed by atoms with Crippen molar-refractivity contribution >= 4 is 12.4 Å². The summed E-state index contributed by atoms with van der Waals surface area (Å²) in [6.07, 6.45) is 1.31. The molecule has 124 valence electrons. The Kier molecular flexibility index (Phi) is 6.96. The Morgan fingerprint density at radius 2 is 1.95 bits per heavy atom. The topological polar surface area (TPSA) is 27.7 Å². The van der Waals surface area contributed by atoms with Crippen molar-refractivity contribution in [2.24, 2.45) is 0 Å². The van der Waals surface area contributed by atoms with Crippen LogP contribution in [0.1, 0.15) is 18.9 Å². The van der Waals surface area contributed by atoms with Gasteiger partial charge in [-0.3, -0.25) is 9.80 Å². The summed E-state index contributed by atoms with van der Waals surface area (Å²) in [7, 11) is 0. The number of nitrogens with zero attached hydrogens (tertiary/aromatic N) is 2. The summed E-state index contributed by atoms with van der Waals surface area (Å²) in [6.45, 7) is 10.9. The summed E-state index contributed by atoms with van der Waals surface area (Å²) in [5.41, 5.74) is 1.32. The number of benzene rings is 1. The lowest BCUT2D eigenvalue weighted by Gasteiger charge is -2.38. The Bertz CT molecular complexity index is 443. The number of piperazine rings is 1.